The van der Waals surface area contributed by atoms with E-state index in [2.05, 4.69) is 14.8 Å². The predicted octanol–water partition coefficient (Wildman–Crippen LogP) is 3.85. The molecule has 174 valence electrons. The van der Waals surface area contributed by atoms with Crippen LogP contribution < -0.4 is 10.1 Å². The second kappa shape index (κ2) is 11.3. The van der Waals surface area contributed by atoms with Crippen LogP contribution in [0.2, 0.25) is 0 Å². The number of methoxy groups -OCH3 is 2. The molecule has 0 aliphatic rings. The first kappa shape index (κ1) is 24.0. The number of hydrogen-bond acceptors (Lipinski definition) is 8. The van der Waals surface area contributed by atoms with Crippen molar-refractivity contribution in [2.45, 2.75) is 0 Å². The van der Waals surface area contributed by atoms with E-state index in [1.807, 2.05) is 18.2 Å². The average Bonchev–Trinajstić information content (AvgIpc) is 2.86. The third-order valence-electron chi connectivity index (χ3n) is 4.44. The third-order valence-corrected chi connectivity index (χ3v) is 4.44. The SMILES string of the molecule is COC(=O)c1cc(NC(=O)COC(=O)c2cccc(Oc3ccccc3)c2)cc(C(=O)OC)c1. The number of esters is 3. The van der Waals surface area contributed by atoms with Gasteiger partial charge in [-0.3, -0.25) is 4.79 Å². The molecule has 0 heterocycles. The topological polar surface area (TPSA) is 117 Å². The highest BCUT2D eigenvalue weighted by atomic mass is 16.5. The summed E-state index contributed by atoms with van der Waals surface area (Å²) in [7, 11) is 2.37. The fraction of sp³-hybridized carbons (Fsp3) is 0.120. The van der Waals surface area contributed by atoms with E-state index in [0.717, 1.165) is 0 Å². The van der Waals surface area contributed by atoms with Crippen LogP contribution in [0.4, 0.5) is 5.69 Å². The van der Waals surface area contributed by atoms with Gasteiger partial charge in [0.05, 0.1) is 30.9 Å². The van der Waals surface area contributed by atoms with Crippen molar-refractivity contribution in [2.24, 2.45) is 0 Å². The van der Waals surface area contributed by atoms with E-state index in [4.69, 9.17) is 9.47 Å². The van der Waals surface area contributed by atoms with Crippen LogP contribution in [0.3, 0.4) is 0 Å². The number of rotatable bonds is 8. The molecule has 3 rings (SSSR count). The first-order valence-electron chi connectivity index (χ1n) is 10.0. The van der Waals surface area contributed by atoms with Crippen molar-refractivity contribution in [3.8, 4) is 11.5 Å². The summed E-state index contributed by atoms with van der Waals surface area (Å²) in [6.07, 6.45) is 0. The van der Waals surface area contributed by atoms with E-state index >= 15 is 0 Å². The molecule has 0 bridgehead atoms. The lowest BCUT2D eigenvalue weighted by Gasteiger charge is -2.10. The third kappa shape index (κ3) is 6.42. The molecule has 0 fully saturated rings. The Balaban J connectivity index is 1.64. The first-order valence-corrected chi connectivity index (χ1v) is 10.0. The van der Waals surface area contributed by atoms with Gasteiger partial charge in [0.2, 0.25) is 0 Å². The lowest BCUT2D eigenvalue weighted by Crippen LogP contribution is -2.21. The van der Waals surface area contributed by atoms with Gasteiger partial charge in [-0.1, -0.05) is 24.3 Å². The monoisotopic (exact) mass is 463 g/mol. The van der Waals surface area contributed by atoms with E-state index < -0.39 is 30.4 Å². The Morgan fingerprint density at radius 2 is 1.29 bits per heavy atom. The Morgan fingerprint density at radius 1 is 0.676 bits per heavy atom. The summed E-state index contributed by atoms with van der Waals surface area (Å²) < 4.78 is 20.1. The molecule has 1 N–H and O–H groups in total. The van der Waals surface area contributed by atoms with E-state index in [9.17, 15) is 19.2 Å². The number of benzene rings is 3. The molecule has 0 radical (unpaired) electrons. The Morgan fingerprint density at radius 3 is 1.91 bits per heavy atom. The Hall–Kier alpha value is -4.66. The molecule has 0 aliphatic heterocycles. The Kier molecular flexibility index (Phi) is 7.96. The van der Waals surface area contributed by atoms with E-state index in [0.29, 0.717) is 11.5 Å². The zero-order valence-corrected chi connectivity index (χ0v) is 18.4. The van der Waals surface area contributed by atoms with Gasteiger partial charge in [-0.25, -0.2) is 14.4 Å². The number of nitrogens with one attached hydrogen (secondary N) is 1. The van der Waals surface area contributed by atoms with Gasteiger partial charge in [0.25, 0.3) is 5.91 Å². The Labute approximate surface area is 195 Å². The molecule has 0 atom stereocenters. The molecule has 0 spiro atoms. The highest BCUT2D eigenvalue weighted by Gasteiger charge is 2.16. The lowest BCUT2D eigenvalue weighted by molar-refractivity contribution is -0.119. The van der Waals surface area contributed by atoms with Gasteiger partial charge < -0.3 is 24.3 Å². The van der Waals surface area contributed by atoms with Crippen molar-refractivity contribution < 1.29 is 38.1 Å². The quantitative estimate of drug-likeness (QED) is 0.395. The van der Waals surface area contributed by atoms with Gasteiger partial charge in [-0.2, -0.15) is 0 Å². The number of para-hydroxylation sites is 1. The van der Waals surface area contributed by atoms with Crippen LogP contribution in [0, 0.1) is 0 Å². The fourth-order valence-electron chi connectivity index (χ4n) is 2.89. The summed E-state index contributed by atoms with van der Waals surface area (Å²) in [5.41, 5.74) is 0.394. The lowest BCUT2D eigenvalue weighted by atomic mass is 10.1. The predicted molar refractivity (Wildman–Crippen MR) is 121 cm³/mol. The summed E-state index contributed by atoms with van der Waals surface area (Å²) in [5, 5.41) is 2.48. The minimum atomic E-state index is -0.729. The van der Waals surface area contributed by atoms with Gasteiger partial charge in [0, 0.05) is 5.69 Å². The maximum atomic E-state index is 12.4. The van der Waals surface area contributed by atoms with Crippen LogP contribution in [0.15, 0.2) is 72.8 Å². The molecule has 0 saturated carbocycles. The molecule has 0 saturated heterocycles. The second-order valence-electron chi connectivity index (χ2n) is 6.85. The van der Waals surface area contributed by atoms with Gasteiger partial charge in [0.15, 0.2) is 6.61 Å². The second-order valence-corrected chi connectivity index (χ2v) is 6.85. The number of hydrogen-bond donors (Lipinski definition) is 1. The summed E-state index contributed by atoms with van der Waals surface area (Å²) in [6, 6.07) is 19.3. The zero-order valence-electron chi connectivity index (χ0n) is 18.4. The van der Waals surface area contributed by atoms with Crippen LogP contribution in [0.1, 0.15) is 31.1 Å². The summed E-state index contributed by atoms with van der Waals surface area (Å²) in [4.78, 5) is 48.4. The highest BCUT2D eigenvalue weighted by Crippen LogP contribution is 2.22. The normalized spacial score (nSPS) is 10.1. The minimum absolute atomic E-state index is 0.0351. The number of carbonyl (C=O) groups is 4. The maximum absolute atomic E-state index is 12.4. The molecule has 0 unspecified atom stereocenters. The van der Waals surface area contributed by atoms with E-state index in [-0.39, 0.29) is 22.4 Å². The van der Waals surface area contributed by atoms with Crippen LogP contribution in [0.25, 0.3) is 0 Å². The highest BCUT2D eigenvalue weighted by molar-refractivity contribution is 6.00. The van der Waals surface area contributed by atoms with Crippen LogP contribution in [-0.4, -0.2) is 44.6 Å². The summed E-state index contributed by atoms with van der Waals surface area (Å²) in [6.45, 7) is -0.599. The molecular weight excluding hydrogens is 442 g/mol. The largest absolute Gasteiger partial charge is 0.465 e. The molecule has 3 aromatic rings. The molecule has 3 aromatic carbocycles. The molecule has 9 nitrogen and oxygen atoms in total. The zero-order chi connectivity index (χ0) is 24.5. The van der Waals surface area contributed by atoms with Crippen molar-refractivity contribution in [1.29, 1.82) is 0 Å². The Bertz CT molecular complexity index is 1170. The number of ether oxygens (including phenoxy) is 4. The molecule has 1 amide bonds. The fourth-order valence-corrected chi connectivity index (χ4v) is 2.89. The van der Waals surface area contributed by atoms with E-state index in [1.165, 1.54) is 44.6 Å². The van der Waals surface area contributed by atoms with Crippen LogP contribution in [0.5, 0.6) is 11.5 Å². The van der Waals surface area contributed by atoms with Gasteiger partial charge in [-0.15, -0.1) is 0 Å². The molecule has 0 aliphatic carbocycles. The standard InChI is InChI=1S/C25H21NO8/c1-31-23(28)17-11-18(24(29)32-2)13-19(12-17)26-22(27)15-33-25(30)16-7-6-10-21(14-16)34-20-8-4-3-5-9-20/h3-14H,15H2,1-2H3,(H,26,27). The van der Waals surface area contributed by atoms with Gasteiger partial charge >= 0.3 is 17.9 Å². The number of amides is 1. The van der Waals surface area contributed by atoms with Crippen molar-refractivity contribution in [3.63, 3.8) is 0 Å². The minimum Gasteiger partial charge on any atom is -0.465 e. The average molecular weight is 463 g/mol. The van der Waals surface area contributed by atoms with Gasteiger partial charge in [0.1, 0.15) is 11.5 Å². The van der Waals surface area contributed by atoms with Crippen molar-refractivity contribution in [3.05, 3.63) is 89.5 Å². The van der Waals surface area contributed by atoms with Crippen LogP contribution in [-0.2, 0) is 19.0 Å². The molecule has 9 heteroatoms. The molecular formula is C25H21NO8. The van der Waals surface area contributed by atoms with Crippen LogP contribution >= 0.6 is 0 Å². The summed E-state index contributed by atoms with van der Waals surface area (Å²) in [5.74, 6) is -1.78. The van der Waals surface area contributed by atoms with Gasteiger partial charge in [-0.05, 0) is 48.5 Å². The number of anilines is 1. The van der Waals surface area contributed by atoms with Crippen molar-refractivity contribution in [1.82, 2.24) is 0 Å². The number of carbonyl (C=O) groups excluding carboxylic acids is 4. The molecule has 34 heavy (non-hydrogen) atoms. The summed E-state index contributed by atoms with van der Waals surface area (Å²) >= 11 is 0. The smallest absolute Gasteiger partial charge is 0.338 e. The van der Waals surface area contributed by atoms with Crippen molar-refractivity contribution >= 4 is 29.5 Å². The first-order chi connectivity index (χ1) is 16.4. The van der Waals surface area contributed by atoms with Crippen molar-refractivity contribution in [2.75, 3.05) is 26.1 Å². The van der Waals surface area contributed by atoms with E-state index in [1.54, 1.807) is 24.3 Å². The molecule has 0 aromatic heterocycles. The maximum Gasteiger partial charge on any atom is 0.338 e.